The van der Waals surface area contributed by atoms with E-state index in [9.17, 15) is 5.11 Å². The van der Waals surface area contributed by atoms with Gasteiger partial charge in [0.15, 0.2) is 0 Å². The lowest BCUT2D eigenvalue weighted by molar-refractivity contribution is 0.0625. The largest absolute Gasteiger partial charge is 0.497 e. The number of aliphatic hydroxyl groups excluding tert-OH is 1. The molecule has 14 heavy (non-hydrogen) atoms. The van der Waals surface area contributed by atoms with Crippen molar-refractivity contribution in [3.8, 4) is 5.75 Å². The normalized spacial score (nSPS) is 13.8. The molecule has 1 atom stereocenters. The number of hydrogen-bond donors (Lipinski definition) is 1. The van der Waals surface area contributed by atoms with Crippen LogP contribution >= 0.6 is 0 Å². The molecule has 1 N–H and O–H groups in total. The van der Waals surface area contributed by atoms with Crippen molar-refractivity contribution in [2.45, 2.75) is 26.9 Å². The van der Waals surface area contributed by atoms with Crippen molar-refractivity contribution in [1.29, 1.82) is 0 Å². The van der Waals surface area contributed by atoms with E-state index in [2.05, 4.69) is 0 Å². The van der Waals surface area contributed by atoms with Crippen LogP contribution in [0.25, 0.3) is 0 Å². The second-order valence-corrected chi connectivity index (χ2v) is 4.55. The third-order valence-corrected chi connectivity index (χ3v) is 2.23. The summed E-state index contributed by atoms with van der Waals surface area (Å²) in [5.41, 5.74) is 0.753. The molecule has 1 aromatic carbocycles. The second kappa shape index (κ2) is 4.01. The fourth-order valence-electron chi connectivity index (χ4n) is 1.31. The third kappa shape index (κ3) is 2.48. The molecule has 0 fully saturated rings. The fourth-order valence-corrected chi connectivity index (χ4v) is 1.31. The molecule has 0 heterocycles. The van der Waals surface area contributed by atoms with E-state index >= 15 is 0 Å². The Bertz CT molecular complexity index is 299. The Hall–Kier alpha value is -1.02. The highest BCUT2D eigenvalue weighted by Gasteiger charge is 2.23. The average molecular weight is 194 g/mol. The van der Waals surface area contributed by atoms with Crippen molar-refractivity contribution in [3.05, 3.63) is 29.8 Å². The van der Waals surface area contributed by atoms with E-state index in [-0.39, 0.29) is 5.41 Å². The molecule has 0 aliphatic rings. The summed E-state index contributed by atoms with van der Waals surface area (Å²) < 4.78 is 5.11. The van der Waals surface area contributed by atoms with Crippen LogP contribution in [0, 0.1) is 5.41 Å². The molecule has 0 bridgehead atoms. The highest BCUT2D eigenvalue weighted by molar-refractivity contribution is 5.30. The molecule has 2 nitrogen and oxygen atoms in total. The smallest absolute Gasteiger partial charge is 0.119 e. The minimum Gasteiger partial charge on any atom is -0.497 e. The van der Waals surface area contributed by atoms with Gasteiger partial charge in [0.05, 0.1) is 13.2 Å². The molecule has 1 rings (SSSR count). The molecule has 2 heteroatoms. The predicted octanol–water partition coefficient (Wildman–Crippen LogP) is 2.77. The van der Waals surface area contributed by atoms with Gasteiger partial charge in [-0.1, -0.05) is 32.9 Å². The predicted molar refractivity (Wildman–Crippen MR) is 57.4 cm³/mol. The first-order valence-electron chi connectivity index (χ1n) is 4.77. The van der Waals surface area contributed by atoms with Crippen LogP contribution < -0.4 is 4.74 Å². The lowest BCUT2D eigenvalue weighted by Crippen LogP contribution is -2.17. The molecule has 0 unspecified atom stereocenters. The van der Waals surface area contributed by atoms with Crippen molar-refractivity contribution in [2.24, 2.45) is 5.41 Å². The van der Waals surface area contributed by atoms with Gasteiger partial charge in [-0.05, 0) is 23.1 Å². The minimum atomic E-state index is -0.461. The SMILES string of the molecule is COc1cccc([C@@H](O)C(C)(C)C)c1. The summed E-state index contributed by atoms with van der Waals surface area (Å²) in [4.78, 5) is 0. The van der Waals surface area contributed by atoms with Gasteiger partial charge in [0.25, 0.3) is 0 Å². The highest BCUT2D eigenvalue weighted by Crippen LogP contribution is 2.33. The van der Waals surface area contributed by atoms with Crippen LogP contribution in [0.3, 0.4) is 0 Å². The molecule has 1 aromatic rings. The highest BCUT2D eigenvalue weighted by atomic mass is 16.5. The van der Waals surface area contributed by atoms with Crippen molar-refractivity contribution in [3.63, 3.8) is 0 Å². The molecular formula is C12H18O2. The second-order valence-electron chi connectivity index (χ2n) is 4.55. The number of hydrogen-bond acceptors (Lipinski definition) is 2. The molecule has 0 aromatic heterocycles. The van der Waals surface area contributed by atoms with Crippen LogP contribution in [-0.2, 0) is 0 Å². The van der Waals surface area contributed by atoms with E-state index in [0.29, 0.717) is 0 Å². The Morgan fingerprint density at radius 2 is 1.93 bits per heavy atom. The van der Waals surface area contributed by atoms with E-state index in [1.807, 2.05) is 45.0 Å². The zero-order valence-corrected chi connectivity index (χ0v) is 9.24. The molecule has 78 valence electrons. The van der Waals surface area contributed by atoms with Gasteiger partial charge in [-0.25, -0.2) is 0 Å². The van der Waals surface area contributed by atoms with E-state index in [0.717, 1.165) is 11.3 Å². The summed E-state index contributed by atoms with van der Waals surface area (Å²) in [6.07, 6.45) is -0.461. The summed E-state index contributed by atoms with van der Waals surface area (Å²) in [6.45, 7) is 6.03. The lowest BCUT2D eigenvalue weighted by Gasteiger charge is -2.26. The van der Waals surface area contributed by atoms with E-state index < -0.39 is 6.10 Å². The van der Waals surface area contributed by atoms with E-state index in [1.165, 1.54) is 0 Å². The van der Waals surface area contributed by atoms with Gasteiger partial charge in [-0.2, -0.15) is 0 Å². The lowest BCUT2D eigenvalue weighted by atomic mass is 9.85. The summed E-state index contributed by atoms with van der Waals surface area (Å²) in [5, 5.41) is 10.0. The van der Waals surface area contributed by atoms with E-state index in [4.69, 9.17) is 4.74 Å². The fraction of sp³-hybridized carbons (Fsp3) is 0.500. The summed E-state index contributed by atoms with van der Waals surface area (Å²) in [6, 6.07) is 7.55. The van der Waals surface area contributed by atoms with E-state index in [1.54, 1.807) is 7.11 Å². The molecule has 0 aliphatic carbocycles. The van der Waals surface area contributed by atoms with Crippen molar-refractivity contribution in [1.82, 2.24) is 0 Å². The van der Waals surface area contributed by atoms with Gasteiger partial charge < -0.3 is 9.84 Å². The summed E-state index contributed by atoms with van der Waals surface area (Å²) >= 11 is 0. The van der Waals surface area contributed by atoms with Gasteiger partial charge in [-0.3, -0.25) is 0 Å². The van der Waals surface area contributed by atoms with Crippen LogP contribution in [0.4, 0.5) is 0 Å². The zero-order chi connectivity index (χ0) is 10.8. The Kier molecular flexibility index (Phi) is 3.17. The summed E-state index contributed by atoms with van der Waals surface area (Å²) in [5.74, 6) is 0.783. The van der Waals surface area contributed by atoms with Gasteiger partial charge in [0.1, 0.15) is 5.75 Å². The quantitative estimate of drug-likeness (QED) is 0.784. The average Bonchev–Trinajstić information content (AvgIpc) is 2.15. The number of rotatable bonds is 2. The molecule has 0 aliphatic heterocycles. The first kappa shape index (κ1) is 11.1. The molecule has 0 radical (unpaired) electrons. The Balaban J connectivity index is 2.95. The Labute approximate surface area is 85.5 Å². The van der Waals surface area contributed by atoms with Crippen molar-refractivity contribution in [2.75, 3.05) is 7.11 Å². The molecule has 0 saturated carbocycles. The van der Waals surface area contributed by atoms with Crippen molar-refractivity contribution >= 4 is 0 Å². The maximum atomic E-state index is 10.0. The first-order valence-corrected chi connectivity index (χ1v) is 4.77. The molecule has 0 amide bonds. The first-order chi connectivity index (χ1) is 6.45. The van der Waals surface area contributed by atoms with Crippen LogP contribution in [0.5, 0.6) is 5.75 Å². The van der Waals surface area contributed by atoms with Crippen LogP contribution in [0.15, 0.2) is 24.3 Å². The number of benzene rings is 1. The van der Waals surface area contributed by atoms with Crippen LogP contribution in [0.2, 0.25) is 0 Å². The molecule has 0 spiro atoms. The number of methoxy groups -OCH3 is 1. The Morgan fingerprint density at radius 3 is 2.43 bits per heavy atom. The van der Waals surface area contributed by atoms with Gasteiger partial charge >= 0.3 is 0 Å². The van der Waals surface area contributed by atoms with Gasteiger partial charge in [-0.15, -0.1) is 0 Å². The monoisotopic (exact) mass is 194 g/mol. The number of aliphatic hydroxyl groups is 1. The number of ether oxygens (including phenoxy) is 1. The summed E-state index contributed by atoms with van der Waals surface area (Å²) in [7, 11) is 1.63. The molecular weight excluding hydrogens is 176 g/mol. The van der Waals surface area contributed by atoms with Crippen LogP contribution in [-0.4, -0.2) is 12.2 Å². The maximum Gasteiger partial charge on any atom is 0.119 e. The van der Waals surface area contributed by atoms with Crippen molar-refractivity contribution < 1.29 is 9.84 Å². The maximum absolute atomic E-state index is 10.0. The zero-order valence-electron chi connectivity index (χ0n) is 9.24. The van der Waals surface area contributed by atoms with Crippen LogP contribution in [0.1, 0.15) is 32.4 Å². The molecule has 0 saturated heterocycles. The Morgan fingerprint density at radius 1 is 1.29 bits per heavy atom. The van der Waals surface area contributed by atoms with Gasteiger partial charge in [0.2, 0.25) is 0 Å². The third-order valence-electron chi connectivity index (χ3n) is 2.23. The topological polar surface area (TPSA) is 29.5 Å². The standard InChI is InChI=1S/C12H18O2/c1-12(2,3)11(13)9-6-5-7-10(8-9)14-4/h5-8,11,13H,1-4H3/t11-/m1/s1. The minimum absolute atomic E-state index is 0.146. The van der Waals surface area contributed by atoms with Gasteiger partial charge in [0, 0.05) is 0 Å².